The molecule has 0 radical (unpaired) electrons. The normalized spacial score (nSPS) is 24.0. The lowest BCUT2D eigenvalue weighted by Gasteiger charge is -2.46. The van der Waals surface area contributed by atoms with E-state index in [1.54, 1.807) is 0 Å². The highest BCUT2D eigenvalue weighted by Gasteiger charge is 2.49. The van der Waals surface area contributed by atoms with Crippen molar-refractivity contribution >= 4 is 11.9 Å². The number of carbonyl (C=O) groups excluding carboxylic acids is 2. The van der Waals surface area contributed by atoms with E-state index in [0.29, 0.717) is 6.42 Å². The predicted octanol–water partition coefficient (Wildman–Crippen LogP) is 8.59. The van der Waals surface area contributed by atoms with Crippen LogP contribution in [0.5, 0.6) is 0 Å². The second-order valence-electron chi connectivity index (χ2n) is 14.5. The van der Waals surface area contributed by atoms with Gasteiger partial charge in [-0.3, -0.25) is 9.59 Å². The molecule has 2 heterocycles. The molecule has 2 saturated heterocycles. The SMILES string of the molecule is CCCCCCCCCCCCCC(=O)OC(CCCCCCCCCCCC)C(=O)N[C@@H]1[C@@H](O)[C@@H]2OC(c3ccccc3)OC[C@H]2O[C@H]1O. The van der Waals surface area contributed by atoms with Crippen LogP contribution >= 0.6 is 0 Å². The molecule has 0 aliphatic carbocycles. The van der Waals surface area contributed by atoms with E-state index in [1.165, 1.54) is 89.9 Å². The Morgan fingerprint density at radius 3 is 1.82 bits per heavy atom. The van der Waals surface area contributed by atoms with Gasteiger partial charge in [-0.15, -0.1) is 0 Å². The molecule has 1 aromatic carbocycles. The van der Waals surface area contributed by atoms with Gasteiger partial charge < -0.3 is 34.5 Å². The number of hydrogen-bond acceptors (Lipinski definition) is 8. The van der Waals surface area contributed by atoms with Crippen molar-refractivity contribution in [3.8, 4) is 0 Å². The minimum absolute atomic E-state index is 0.122. The molecule has 2 unspecified atom stereocenters. The van der Waals surface area contributed by atoms with Crippen molar-refractivity contribution in [2.24, 2.45) is 0 Å². The maximum atomic E-state index is 13.6. The first-order valence-electron chi connectivity index (χ1n) is 20.3. The van der Waals surface area contributed by atoms with Crippen LogP contribution in [0.2, 0.25) is 0 Å². The zero-order valence-electron chi connectivity index (χ0n) is 31.2. The molecule has 1 aromatic rings. The lowest BCUT2D eigenvalue weighted by Crippen LogP contribution is -2.67. The Hall–Kier alpha value is -2.04. The van der Waals surface area contributed by atoms with Crippen LogP contribution in [0.4, 0.5) is 0 Å². The third-order valence-corrected chi connectivity index (χ3v) is 10.1. The molecular formula is C41H69NO8. The molecule has 7 atom stereocenters. The van der Waals surface area contributed by atoms with E-state index < -0.39 is 48.9 Å². The Kier molecular flexibility index (Phi) is 21.9. The van der Waals surface area contributed by atoms with E-state index in [4.69, 9.17) is 18.9 Å². The highest BCUT2D eigenvalue weighted by molar-refractivity contribution is 5.84. The molecule has 0 bridgehead atoms. The Morgan fingerprint density at radius 1 is 0.740 bits per heavy atom. The van der Waals surface area contributed by atoms with E-state index in [-0.39, 0.29) is 19.0 Å². The fourth-order valence-corrected chi connectivity index (χ4v) is 7.01. The minimum atomic E-state index is -1.47. The Balaban J connectivity index is 1.47. The molecule has 2 aliphatic rings. The van der Waals surface area contributed by atoms with Gasteiger partial charge >= 0.3 is 5.97 Å². The topological polar surface area (TPSA) is 124 Å². The zero-order chi connectivity index (χ0) is 35.8. The summed E-state index contributed by atoms with van der Waals surface area (Å²) in [5.41, 5.74) is 0.797. The number of amides is 1. The lowest BCUT2D eigenvalue weighted by molar-refractivity contribution is -0.338. The standard InChI is InChI=1S/C41H69NO8/c1-3-5-7-9-11-13-15-17-19-21-26-30-35(43)48-33(29-25-20-18-16-14-12-10-8-6-4-2)39(45)42-36-37(44)38-34(49-40(36)46)31-47-41(50-38)32-27-23-22-24-28-32/h22-24,27-28,33-34,36-38,40-41,44,46H,3-21,25-26,29-31H2,1-2H3,(H,42,45)/t33?,34-,36-,37-,38-,40-,41?/m1/s1. The smallest absolute Gasteiger partial charge is 0.306 e. The quantitative estimate of drug-likeness (QED) is 0.0615. The van der Waals surface area contributed by atoms with Crippen LogP contribution < -0.4 is 5.32 Å². The van der Waals surface area contributed by atoms with Gasteiger partial charge in [0.25, 0.3) is 5.91 Å². The summed E-state index contributed by atoms with van der Waals surface area (Å²) in [4.78, 5) is 26.5. The number of rotatable bonds is 27. The second-order valence-corrected chi connectivity index (χ2v) is 14.5. The van der Waals surface area contributed by atoms with Crippen LogP contribution in [-0.4, -0.2) is 65.4 Å². The van der Waals surface area contributed by atoms with Crippen molar-refractivity contribution in [3.05, 3.63) is 35.9 Å². The average molecular weight is 704 g/mol. The molecular weight excluding hydrogens is 634 g/mol. The number of unbranched alkanes of at least 4 members (excludes halogenated alkanes) is 19. The number of nitrogens with one attached hydrogen (secondary N) is 1. The first-order chi connectivity index (χ1) is 24.4. The predicted molar refractivity (Wildman–Crippen MR) is 196 cm³/mol. The van der Waals surface area contributed by atoms with E-state index in [1.807, 2.05) is 30.3 Å². The number of ether oxygens (including phenoxy) is 4. The first kappa shape index (κ1) is 42.4. The molecule has 0 saturated carbocycles. The molecule has 1 amide bonds. The molecule has 3 rings (SSSR count). The van der Waals surface area contributed by atoms with Crippen LogP contribution in [0.15, 0.2) is 30.3 Å². The number of hydrogen-bond donors (Lipinski definition) is 3. The van der Waals surface area contributed by atoms with Gasteiger partial charge in [0.15, 0.2) is 18.7 Å². The van der Waals surface area contributed by atoms with E-state index in [9.17, 15) is 19.8 Å². The Bertz CT molecular complexity index is 1030. The van der Waals surface area contributed by atoms with Gasteiger partial charge in [-0.25, -0.2) is 0 Å². The molecule has 0 aromatic heterocycles. The number of carbonyl (C=O) groups is 2. The van der Waals surface area contributed by atoms with Crippen molar-refractivity contribution in [1.82, 2.24) is 5.32 Å². The number of aliphatic hydroxyl groups excluding tert-OH is 2. The van der Waals surface area contributed by atoms with Crippen molar-refractivity contribution in [1.29, 1.82) is 0 Å². The highest BCUT2D eigenvalue weighted by atomic mass is 16.7. The van der Waals surface area contributed by atoms with E-state index in [2.05, 4.69) is 19.2 Å². The van der Waals surface area contributed by atoms with Gasteiger partial charge in [-0.1, -0.05) is 166 Å². The maximum absolute atomic E-state index is 13.6. The number of aliphatic hydroxyl groups is 2. The van der Waals surface area contributed by atoms with Crippen LogP contribution in [0, 0.1) is 0 Å². The molecule has 0 spiro atoms. The van der Waals surface area contributed by atoms with Crippen LogP contribution in [0.25, 0.3) is 0 Å². The van der Waals surface area contributed by atoms with Crippen molar-refractivity contribution in [2.45, 2.75) is 205 Å². The maximum Gasteiger partial charge on any atom is 0.306 e. The van der Waals surface area contributed by atoms with Gasteiger partial charge in [-0.05, 0) is 19.3 Å². The number of fused-ring (bicyclic) bond motifs is 1. The second kappa shape index (κ2) is 25.8. The Labute approximate surface area is 302 Å². The summed E-state index contributed by atoms with van der Waals surface area (Å²) < 4.78 is 23.4. The van der Waals surface area contributed by atoms with Gasteiger partial charge in [-0.2, -0.15) is 0 Å². The summed E-state index contributed by atoms with van der Waals surface area (Å²) in [6.07, 6.45) is 19.4. The molecule has 3 N–H and O–H groups in total. The lowest BCUT2D eigenvalue weighted by atomic mass is 9.95. The fraction of sp³-hybridized carbons (Fsp3) is 0.805. The molecule has 9 nitrogen and oxygen atoms in total. The minimum Gasteiger partial charge on any atom is -0.452 e. The Morgan fingerprint density at radius 2 is 1.26 bits per heavy atom. The largest absolute Gasteiger partial charge is 0.452 e. The summed E-state index contributed by atoms with van der Waals surface area (Å²) in [5.74, 6) is -0.919. The highest BCUT2D eigenvalue weighted by Crippen LogP contribution is 2.33. The molecule has 286 valence electrons. The molecule has 2 fully saturated rings. The monoisotopic (exact) mass is 704 g/mol. The van der Waals surface area contributed by atoms with E-state index in [0.717, 1.165) is 50.5 Å². The number of esters is 1. The third kappa shape index (κ3) is 16.1. The summed E-state index contributed by atoms with van der Waals surface area (Å²) in [6.45, 7) is 4.59. The van der Waals surface area contributed by atoms with Crippen LogP contribution in [0.1, 0.15) is 173 Å². The summed E-state index contributed by atoms with van der Waals surface area (Å²) in [5, 5.41) is 24.8. The fourth-order valence-electron chi connectivity index (χ4n) is 7.01. The first-order valence-corrected chi connectivity index (χ1v) is 20.3. The summed E-state index contributed by atoms with van der Waals surface area (Å²) in [6, 6.07) is 8.24. The zero-order valence-corrected chi connectivity index (χ0v) is 31.2. The van der Waals surface area contributed by atoms with Gasteiger partial charge in [0.05, 0.1) is 6.61 Å². The summed E-state index contributed by atoms with van der Waals surface area (Å²) >= 11 is 0. The van der Waals surface area contributed by atoms with Gasteiger partial charge in [0, 0.05) is 12.0 Å². The molecule has 50 heavy (non-hydrogen) atoms. The number of benzene rings is 1. The van der Waals surface area contributed by atoms with Crippen LogP contribution in [0.3, 0.4) is 0 Å². The van der Waals surface area contributed by atoms with Gasteiger partial charge in [0.1, 0.15) is 24.4 Å². The van der Waals surface area contributed by atoms with Crippen LogP contribution in [-0.2, 0) is 28.5 Å². The third-order valence-electron chi connectivity index (χ3n) is 10.1. The van der Waals surface area contributed by atoms with Crippen molar-refractivity contribution in [2.75, 3.05) is 6.61 Å². The van der Waals surface area contributed by atoms with Crippen molar-refractivity contribution < 1.29 is 38.7 Å². The average Bonchev–Trinajstić information content (AvgIpc) is 3.12. The molecule has 9 heteroatoms. The van der Waals surface area contributed by atoms with Crippen molar-refractivity contribution in [3.63, 3.8) is 0 Å². The summed E-state index contributed by atoms with van der Waals surface area (Å²) in [7, 11) is 0. The molecule has 2 aliphatic heterocycles. The van der Waals surface area contributed by atoms with E-state index >= 15 is 0 Å². The van der Waals surface area contributed by atoms with Gasteiger partial charge in [0.2, 0.25) is 0 Å².